The summed E-state index contributed by atoms with van der Waals surface area (Å²) in [6.45, 7) is 4.16. The number of allylic oxidation sites excluding steroid dienone is 2. The Morgan fingerprint density at radius 1 is 0.966 bits per heavy atom. The van der Waals surface area contributed by atoms with Gasteiger partial charge in [-0.1, -0.05) is 67.4 Å². The first kappa shape index (κ1) is 18.8. The Morgan fingerprint density at radius 3 is 2.41 bits per heavy atom. The molecule has 3 nitrogen and oxygen atoms in total. The van der Waals surface area contributed by atoms with Crippen molar-refractivity contribution in [3.63, 3.8) is 0 Å². The lowest BCUT2D eigenvalue weighted by atomic mass is 9.66. The van der Waals surface area contributed by atoms with Crippen molar-refractivity contribution in [2.24, 2.45) is 16.3 Å². The third-order valence-electron chi connectivity index (χ3n) is 6.14. The average Bonchev–Trinajstić information content (AvgIpc) is 2.92. The highest BCUT2D eigenvalue weighted by molar-refractivity contribution is 6.35. The van der Waals surface area contributed by atoms with E-state index < -0.39 is 11.8 Å². The number of aliphatic imine (C=N–C) groups is 1. The number of rotatable bonds is 1. The van der Waals surface area contributed by atoms with Crippen molar-refractivity contribution >= 4 is 40.5 Å². The zero-order valence-corrected chi connectivity index (χ0v) is 17.6. The first-order chi connectivity index (χ1) is 13.8. The van der Waals surface area contributed by atoms with E-state index in [2.05, 4.69) is 13.8 Å². The second kappa shape index (κ2) is 6.38. The highest BCUT2D eigenvalue weighted by atomic mass is 35.5. The van der Waals surface area contributed by atoms with E-state index >= 15 is 0 Å². The molecule has 0 spiro atoms. The van der Waals surface area contributed by atoms with Crippen LogP contribution >= 0.6 is 23.2 Å². The second-order valence-corrected chi connectivity index (χ2v) is 9.67. The van der Waals surface area contributed by atoms with Crippen molar-refractivity contribution in [3.05, 3.63) is 80.5 Å². The number of carbonyl (C=O) groups excluding carboxylic acids is 2. The average molecular weight is 424 g/mol. The van der Waals surface area contributed by atoms with Crippen LogP contribution < -0.4 is 0 Å². The Bertz CT molecular complexity index is 1160. The molecule has 29 heavy (non-hydrogen) atoms. The molecule has 0 unspecified atom stereocenters. The maximum atomic E-state index is 13.4. The summed E-state index contributed by atoms with van der Waals surface area (Å²) in [5.74, 6) is -0.917. The minimum atomic E-state index is -0.532. The van der Waals surface area contributed by atoms with Gasteiger partial charge in [0.05, 0.1) is 11.6 Å². The van der Waals surface area contributed by atoms with Crippen LogP contribution in [-0.2, 0) is 4.79 Å². The third-order valence-corrected chi connectivity index (χ3v) is 6.70. The van der Waals surface area contributed by atoms with E-state index in [1.165, 1.54) is 0 Å². The SMILES string of the molecule is CC1(C)CC(=O)C2=C(C1)N=C1c3ccccc3C(=O)[C@H]1[C@H]2c1ccc(Cl)cc1Cl. The molecule has 0 aromatic heterocycles. The van der Waals surface area contributed by atoms with Gasteiger partial charge in [-0.3, -0.25) is 14.6 Å². The molecule has 5 rings (SSSR count). The first-order valence-electron chi connectivity index (χ1n) is 9.70. The van der Waals surface area contributed by atoms with Crippen LogP contribution in [0.15, 0.2) is 58.7 Å². The lowest BCUT2D eigenvalue weighted by molar-refractivity contribution is -0.118. The molecule has 2 aromatic carbocycles. The fourth-order valence-electron chi connectivity index (χ4n) is 4.97. The van der Waals surface area contributed by atoms with Crippen LogP contribution in [0.1, 0.15) is 54.1 Å². The molecule has 0 bridgehead atoms. The molecule has 3 aliphatic rings. The van der Waals surface area contributed by atoms with Gasteiger partial charge < -0.3 is 0 Å². The van der Waals surface area contributed by atoms with Gasteiger partial charge in [0.25, 0.3) is 0 Å². The van der Waals surface area contributed by atoms with Crippen molar-refractivity contribution in [3.8, 4) is 0 Å². The zero-order chi connectivity index (χ0) is 20.5. The summed E-state index contributed by atoms with van der Waals surface area (Å²) in [6.07, 6.45) is 1.13. The first-order valence-corrected chi connectivity index (χ1v) is 10.5. The van der Waals surface area contributed by atoms with E-state index in [4.69, 9.17) is 28.2 Å². The summed E-state index contributed by atoms with van der Waals surface area (Å²) in [5.41, 5.74) is 4.31. The van der Waals surface area contributed by atoms with Crippen LogP contribution in [0.3, 0.4) is 0 Å². The topological polar surface area (TPSA) is 46.5 Å². The summed E-state index contributed by atoms with van der Waals surface area (Å²) >= 11 is 12.7. The highest BCUT2D eigenvalue weighted by Gasteiger charge is 2.50. The molecule has 0 radical (unpaired) electrons. The van der Waals surface area contributed by atoms with Crippen molar-refractivity contribution < 1.29 is 9.59 Å². The predicted octanol–water partition coefficient (Wildman–Crippen LogP) is 6.04. The molecule has 2 aliphatic carbocycles. The maximum absolute atomic E-state index is 13.4. The minimum absolute atomic E-state index is 0.000416. The van der Waals surface area contributed by atoms with Crippen molar-refractivity contribution in [1.29, 1.82) is 0 Å². The molecular weight excluding hydrogens is 405 g/mol. The van der Waals surface area contributed by atoms with Crippen LogP contribution in [0.5, 0.6) is 0 Å². The number of hydrogen-bond acceptors (Lipinski definition) is 3. The van der Waals surface area contributed by atoms with Crippen LogP contribution in [0.4, 0.5) is 0 Å². The van der Waals surface area contributed by atoms with E-state index in [-0.39, 0.29) is 17.0 Å². The number of ketones is 2. The fraction of sp³-hybridized carbons (Fsp3) is 0.292. The summed E-state index contributed by atoms with van der Waals surface area (Å²) in [5, 5.41) is 0.992. The molecule has 2 aromatic rings. The predicted molar refractivity (Wildman–Crippen MR) is 115 cm³/mol. The van der Waals surface area contributed by atoms with E-state index in [0.717, 1.165) is 22.5 Å². The normalized spacial score (nSPS) is 24.8. The summed E-state index contributed by atoms with van der Waals surface area (Å²) in [6, 6.07) is 12.8. The molecule has 1 heterocycles. The maximum Gasteiger partial charge on any atom is 0.173 e. The van der Waals surface area contributed by atoms with Gasteiger partial charge in [0.15, 0.2) is 11.6 Å². The van der Waals surface area contributed by atoms with Gasteiger partial charge in [-0.05, 0) is 29.5 Å². The minimum Gasteiger partial charge on any atom is -0.294 e. The molecule has 2 atom stereocenters. The van der Waals surface area contributed by atoms with Crippen LogP contribution in [0.25, 0.3) is 0 Å². The molecule has 146 valence electrons. The quantitative estimate of drug-likeness (QED) is 0.561. The number of nitrogens with zero attached hydrogens (tertiary/aromatic N) is 1. The van der Waals surface area contributed by atoms with Gasteiger partial charge in [0.1, 0.15) is 0 Å². The lowest BCUT2D eigenvalue weighted by Crippen LogP contribution is -2.37. The van der Waals surface area contributed by atoms with Gasteiger partial charge >= 0.3 is 0 Å². The number of carbonyl (C=O) groups is 2. The Labute approximate surface area is 179 Å². The van der Waals surface area contributed by atoms with Gasteiger partial charge in [0.2, 0.25) is 0 Å². The van der Waals surface area contributed by atoms with Crippen LogP contribution in [-0.4, -0.2) is 17.3 Å². The smallest absolute Gasteiger partial charge is 0.173 e. The molecule has 1 aliphatic heterocycles. The summed E-state index contributed by atoms with van der Waals surface area (Å²) in [4.78, 5) is 31.6. The van der Waals surface area contributed by atoms with Crippen LogP contribution in [0, 0.1) is 11.3 Å². The fourth-order valence-corrected chi connectivity index (χ4v) is 5.50. The van der Waals surface area contributed by atoms with Crippen LogP contribution in [0.2, 0.25) is 10.0 Å². The van der Waals surface area contributed by atoms with Gasteiger partial charge in [-0.2, -0.15) is 0 Å². The molecule has 0 N–H and O–H groups in total. The van der Waals surface area contributed by atoms with Crippen molar-refractivity contribution in [2.45, 2.75) is 32.6 Å². The van der Waals surface area contributed by atoms with Crippen molar-refractivity contribution in [2.75, 3.05) is 0 Å². The van der Waals surface area contributed by atoms with E-state index in [0.29, 0.717) is 34.0 Å². The van der Waals surface area contributed by atoms with E-state index in [1.54, 1.807) is 12.1 Å². The van der Waals surface area contributed by atoms with Gasteiger partial charge in [-0.25, -0.2) is 0 Å². The Balaban J connectivity index is 1.79. The van der Waals surface area contributed by atoms with E-state index in [1.807, 2.05) is 30.3 Å². The summed E-state index contributed by atoms with van der Waals surface area (Å²) < 4.78 is 0. The number of fused-ring (bicyclic) bond motifs is 3. The standard InChI is InChI=1S/C24H19Cl2NO2/c1-24(2)10-17-20(18(28)11-24)19(15-8-7-12(25)9-16(15)26)21-22(27-17)13-5-3-4-6-14(13)23(21)29/h3-9,19,21H,10-11H2,1-2H3/t19-,21-/m0/s1. The summed E-state index contributed by atoms with van der Waals surface area (Å²) in [7, 11) is 0. The van der Waals surface area contributed by atoms with Gasteiger partial charge in [0, 0.05) is 44.8 Å². The lowest BCUT2D eigenvalue weighted by Gasteiger charge is -2.38. The molecule has 0 amide bonds. The Morgan fingerprint density at radius 2 is 1.69 bits per heavy atom. The molecule has 5 heteroatoms. The largest absolute Gasteiger partial charge is 0.294 e. The zero-order valence-electron chi connectivity index (χ0n) is 16.1. The third kappa shape index (κ3) is 2.83. The molecule has 0 fully saturated rings. The second-order valence-electron chi connectivity index (χ2n) is 8.83. The number of benzene rings is 2. The molecular formula is C24H19Cl2NO2. The molecule has 0 saturated heterocycles. The number of halogens is 2. The number of hydrogen-bond donors (Lipinski definition) is 0. The Hall–Kier alpha value is -2.23. The van der Waals surface area contributed by atoms with E-state index in [9.17, 15) is 9.59 Å². The van der Waals surface area contributed by atoms with Gasteiger partial charge in [-0.15, -0.1) is 0 Å². The highest BCUT2D eigenvalue weighted by Crippen LogP contribution is 2.52. The Kier molecular flexibility index (Phi) is 4.13. The molecule has 0 saturated carbocycles. The number of Topliss-reactive ketones (excluding diaryl/α,β-unsaturated/α-hetero) is 2. The van der Waals surface area contributed by atoms with Crippen molar-refractivity contribution in [1.82, 2.24) is 0 Å². The monoisotopic (exact) mass is 423 g/mol.